The molecule has 2 amide bonds. The fourth-order valence-corrected chi connectivity index (χ4v) is 2.36. The highest BCUT2D eigenvalue weighted by atomic mass is 16.5. The molecule has 1 aliphatic carbocycles. The Labute approximate surface area is 114 Å². The average molecular weight is 271 g/mol. The maximum atomic E-state index is 12.0. The smallest absolute Gasteiger partial charge is 0.239 e. The van der Waals surface area contributed by atoms with Gasteiger partial charge in [-0.3, -0.25) is 9.59 Å². The molecule has 0 spiro atoms. The van der Waals surface area contributed by atoms with Crippen LogP contribution in [0, 0.1) is 11.8 Å². The molecule has 110 valence electrons. The van der Waals surface area contributed by atoms with Crippen molar-refractivity contribution >= 4 is 11.8 Å². The fourth-order valence-electron chi connectivity index (χ4n) is 2.36. The Hall–Kier alpha value is -1.14. The minimum atomic E-state index is -0.206. The van der Waals surface area contributed by atoms with Gasteiger partial charge in [0.05, 0.1) is 19.1 Å². The highest BCUT2D eigenvalue weighted by molar-refractivity contribution is 5.86. The monoisotopic (exact) mass is 271 g/mol. The zero-order chi connectivity index (χ0) is 14.3. The number of nitrogens with one attached hydrogen (secondary N) is 2. The first-order valence-corrected chi connectivity index (χ1v) is 6.83. The van der Waals surface area contributed by atoms with Gasteiger partial charge in [0, 0.05) is 19.7 Å². The van der Waals surface area contributed by atoms with Gasteiger partial charge in [0.2, 0.25) is 11.8 Å². The second-order valence-corrected chi connectivity index (χ2v) is 5.25. The van der Waals surface area contributed by atoms with Gasteiger partial charge in [0.25, 0.3) is 0 Å². The normalized spacial score (nSPS) is 26.8. The van der Waals surface area contributed by atoms with Gasteiger partial charge < -0.3 is 21.1 Å². The number of ether oxygens (including phenoxy) is 1. The van der Waals surface area contributed by atoms with Gasteiger partial charge in [-0.15, -0.1) is 0 Å². The van der Waals surface area contributed by atoms with Crippen molar-refractivity contribution in [2.24, 2.45) is 17.6 Å². The van der Waals surface area contributed by atoms with Gasteiger partial charge in [-0.2, -0.15) is 0 Å². The van der Waals surface area contributed by atoms with Crippen molar-refractivity contribution in [2.45, 2.75) is 32.2 Å². The average Bonchev–Trinajstić information content (AvgIpc) is 2.39. The van der Waals surface area contributed by atoms with Crippen LogP contribution in [0.1, 0.15) is 26.2 Å². The quantitative estimate of drug-likeness (QED) is 0.575. The molecule has 6 heteroatoms. The Morgan fingerprint density at radius 1 is 1.32 bits per heavy atom. The van der Waals surface area contributed by atoms with Crippen LogP contribution >= 0.6 is 0 Å². The molecular weight excluding hydrogens is 246 g/mol. The summed E-state index contributed by atoms with van der Waals surface area (Å²) in [6.07, 6.45) is 2.75. The van der Waals surface area contributed by atoms with Crippen LogP contribution in [-0.4, -0.2) is 44.7 Å². The number of hydrogen-bond acceptors (Lipinski definition) is 4. The van der Waals surface area contributed by atoms with E-state index in [1.807, 2.05) is 0 Å². The number of methoxy groups -OCH3 is 1. The summed E-state index contributed by atoms with van der Waals surface area (Å²) in [4.78, 5) is 23.4. The standard InChI is InChI=1S/C13H25N3O3/c1-9-3-4-11(14)10(7-9)13(18)16-8-12(17)15-5-6-19-2/h9-11H,3-8,14H2,1-2H3,(H,15,17)(H,16,18). The summed E-state index contributed by atoms with van der Waals surface area (Å²) < 4.78 is 4.82. The van der Waals surface area contributed by atoms with E-state index < -0.39 is 0 Å². The third-order valence-electron chi connectivity index (χ3n) is 3.55. The van der Waals surface area contributed by atoms with E-state index in [2.05, 4.69) is 17.6 Å². The van der Waals surface area contributed by atoms with Crippen LogP contribution in [0.4, 0.5) is 0 Å². The zero-order valence-electron chi connectivity index (χ0n) is 11.8. The van der Waals surface area contributed by atoms with Crippen molar-refractivity contribution in [2.75, 3.05) is 26.8 Å². The molecular formula is C13H25N3O3. The summed E-state index contributed by atoms with van der Waals surface area (Å²) in [6, 6.07) is -0.0900. The largest absolute Gasteiger partial charge is 0.383 e. The Kier molecular flexibility index (Phi) is 6.80. The highest BCUT2D eigenvalue weighted by Gasteiger charge is 2.31. The van der Waals surface area contributed by atoms with Crippen LogP contribution in [0.3, 0.4) is 0 Å². The van der Waals surface area contributed by atoms with Gasteiger partial charge in [0.1, 0.15) is 0 Å². The first-order valence-electron chi connectivity index (χ1n) is 6.83. The van der Waals surface area contributed by atoms with E-state index in [-0.39, 0.29) is 30.3 Å². The van der Waals surface area contributed by atoms with Crippen LogP contribution in [0.25, 0.3) is 0 Å². The highest BCUT2D eigenvalue weighted by Crippen LogP contribution is 2.27. The molecule has 0 bridgehead atoms. The maximum Gasteiger partial charge on any atom is 0.239 e. The third kappa shape index (κ3) is 5.57. The van der Waals surface area contributed by atoms with E-state index in [0.29, 0.717) is 19.1 Å². The molecule has 0 aromatic carbocycles. The van der Waals surface area contributed by atoms with E-state index in [1.54, 1.807) is 7.11 Å². The molecule has 1 fully saturated rings. The SMILES string of the molecule is COCCNC(=O)CNC(=O)C1CC(C)CCC1N. The lowest BCUT2D eigenvalue weighted by molar-refractivity contribution is -0.130. The molecule has 3 atom stereocenters. The first-order chi connectivity index (χ1) is 9.04. The molecule has 0 aromatic heterocycles. The first kappa shape index (κ1) is 15.9. The minimum Gasteiger partial charge on any atom is -0.383 e. The summed E-state index contributed by atoms with van der Waals surface area (Å²) in [5.74, 6) is 0.0328. The number of amides is 2. The zero-order valence-corrected chi connectivity index (χ0v) is 11.8. The Morgan fingerprint density at radius 2 is 2.05 bits per heavy atom. The van der Waals surface area contributed by atoms with E-state index in [1.165, 1.54) is 0 Å². The molecule has 0 heterocycles. The molecule has 0 aromatic rings. The Morgan fingerprint density at radius 3 is 2.74 bits per heavy atom. The number of carbonyl (C=O) groups excluding carboxylic acids is 2. The molecule has 0 radical (unpaired) electrons. The Bertz CT molecular complexity index is 310. The number of rotatable bonds is 6. The predicted molar refractivity (Wildman–Crippen MR) is 72.4 cm³/mol. The van der Waals surface area contributed by atoms with E-state index in [9.17, 15) is 9.59 Å². The third-order valence-corrected chi connectivity index (χ3v) is 3.55. The molecule has 19 heavy (non-hydrogen) atoms. The molecule has 0 saturated heterocycles. The second-order valence-electron chi connectivity index (χ2n) is 5.25. The molecule has 1 aliphatic rings. The lowest BCUT2D eigenvalue weighted by Crippen LogP contribution is -2.47. The summed E-state index contributed by atoms with van der Waals surface area (Å²) in [5, 5.41) is 5.31. The van der Waals surface area contributed by atoms with Crippen LogP contribution < -0.4 is 16.4 Å². The van der Waals surface area contributed by atoms with E-state index in [4.69, 9.17) is 10.5 Å². The summed E-state index contributed by atoms with van der Waals surface area (Å²) in [7, 11) is 1.57. The van der Waals surface area contributed by atoms with Crippen molar-refractivity contribution in [3.05, 3.63) is 0 Å². The van der Waals surface area contributed by atoms with E-state index in [0.717, 1.165) is 19.3 Å². The van der Waals surface area contributed by atoms with Crippen molar-refractivity contribution in [1.82, 2.24) is 10.6 Å². The lowest BCUT2D eigenvalue weighted by Gasteiger charge is -2.31. The number of hydrogen-bond donors (Lipinski definition) is 3. The maximum absolute atomic E-state index is 12.0. The fraction of sp³-hybridized carbons (Fsp3) is 0.846. The van der Waals surface area contributed by atoms with Crippen molar-refractivity contribution < 1.29 is 14.3 Å². The predicted octanol–water partition coefficient (Wildman–Crippen LogP) is -0.371. The molecule has 1 rings (SSSR count). The summed E-state index contributed by atoms with van der Waals surface area (Å²) in [5.41, 5.74) is 5.97. The number of nitrogens with two attached hydrogens (primary N) is 1. The molecule has 3 unspecified atom stereocenters. The van der Waals surface area contributed by atoms with Crippen molar-refractivity contribution in [1.29, 1.82) is 0 Å². The Balaban J connectivity index is 2.28. The van der Waals surface area contributed by atoms with Crippen LogP contribution in [0.2, 0.25) is 0 Å². The van der Waals surface area contributed by atoms with Gasteiger partial charge >= 0.3 is 0 Å². The molecule has 4 N–H and O–H groups in total. The van der Waals surface area contributed by atoms with Gasteiger partial charge in [0.15, 0.2) is 0 Å². The van der Waals surface area contributed by atoms with Crippen molar-refractivity contribution in [3.8, 4) is 0 Å². The summed E-state index contributed by atoms with van der Waals surface area (Å²) >= 11 is 0. The molecule has 6 nitrogen and oxygen atoms in total. The van der Waals surface area contributed by atoms with Crippen LogP contribution in [-0.2, 0) is 14.3 Å². The minimum absolute atomic E-state index is 0.000147. The number of carbonyl (C=O) groups is 2. The topological polar surface area (TPSA) is 93.5 Å². The molecule has 1 saturated carbocycles. The molecule has 0 aliphatic heterocycles. The van der Waals surface area contributed by atoms with Gasteiger partial charge in [-0.05, 0) is 25.2 Å². The van der Waals surface area contributed by atoms with Crippen LogP contribution in [0.15, 0.2) is 0 Å². The lowest BCUT2D eigenvalue weighted by atomic mass is 9.79. The van der Waals surface area contributed by atoms with E-state index >= 15 is 0 Å². The second kappa shape index (κ2) is 8.12. The van der Waals surface area contributed by atoms with Gasteiger partial charge in [-0.1, -0.05) is 6.92 Å². The van der Waals surface area contributed by atoms with Gasteiger partial charge in [-0.25, -0.2) is 0 Å². The van der Waals surface area contributed by atoms with Crippen LogP contribution in [0.5, 0.6) is 0 Å². The summed E-state index contributed by atoms with van der Waals surface area (Å²) in [6.45, 7) is 3.04. The van der Waals surface area contributed by atoms with Crippen molar-refractivity contribution in [3.63, 3.8) is 0 Å².